The van der Waals surface area contributed by atoms with Gasteiger partial charge in [0.05, 0.1) is 16.0 Å². The second-order valence-electron chi connectivity index (χ2n) is 4.66. The van der Waals surface area contributed by atoms with Crippen molar-refractivity contribution in [3.63, 3.8) is 0 Å². The molecule has 3 rings (SSSR count). The molecule has 0 aliphatic carbocycles. The molecule has 1 fully saturated rings. The van der Waals surface area contributed by atoms with Gasteiger partial charge in [0.25, 0.3) is 0 Å². The maximum atomic E-state index is 5.98. The van der Waals surface area contributed by atoms with E-state index in [1.54, 1.807) is 6.07 Å². The lowest BCUT2D eigenvalue weighted by Gasteiger charge is -2.00. The zero-order valence-corrected chi connectivity index (χ0v) is 11.7. The van der Waals surface area contributed by atoms with Crippen LogP contribution in [0.5, 0.6) is 0 Å². The highest BCUT2D eigenvalue weighted by atomic mass is 35.5. The molecule has 2 heterocycles. The highest BCUT2D eigenvalue weighted by molar-refractivity contribution is 6.42. The highest BCUT2D eigenvalue weighted by Crippen LogP contribution is 2.24. The molecule has 1 aliphatic rings. The molecule has 0 bridgehead atoms. The van der Waals surface area contributed by atoms with Gasteiger partial charge in [0.1, 0.15) is 0 Å². The minimum atomic E-state index is 0.343. The molecule has 1 unspecified atom stereocenters. The average Bonchev–Trinajstić information content (AvgIpc) is 3.04. The van der Waals surface area contributed by atoms with Crippen LogP contribution >= 0.6 is 23.2 Å². The van der Waals surface area contributed by atoms with Gasteiger partial charge in [-0.2, -0.15) is 4.98 Å². The van der Waals surface area contributed by atoms with E-state index in [4.69, 9.17) is 27.7 Å². The minimum Gasteiger partial charge on any atom is -0.339 e. The molecule has 19 heavy (non-hydrogen) atoms. The third-order valence-electron chi connectivity index (χ3n) is 3.24. The Morgan fingerprint density at radius 1 is 1.32 bits per heavy atom. The summed E-state index contributed by atoms with van der Waals surface area (Å²) in [7, 11) is 0. The molecular formula is C13H13Cl2N3O. The number of hydrogen-bond donors (Lipinski definition) is 1. The van der Waals surface area contributed by atoms with Crippen LogP contribution in [0.1, 0.15) is 29.6 Å². The summed E-state index contributed by atoms with van der Waals surface area (Å²) in [6.45, 7) is 1.92. The smallest absolute Gasteiger partial charge is 0.231 e. The van der Waals surface area contributed by atoms with Crippen LogP contribution in [0.3, 0.4) is 0 Å². The molecule has 0 amide bonds. The first kappa shape index (κ1) is 12.9. The third kappa shape index (κ3) is 2.91. The zero-order chi connectivity index (χ0) is 13.2. The largest absolute Gasteiger partial charge is 0.339 e. The number of halogens is 2. The summed E-state index contributed by atoms with van der Waals surface area (Å²) in [5.74, 6) is 1.75. The van der Waals surface area contributed by atoms with E-state index >= 15 is 0 Å². The van der Waals surface area contributed by atoms with Crippen LogP contribution in [0.2, 0.25) is 10.0 Å². The van der Waals surface area contributed by atoms with Crippen molar-refractivity contribution in [2.75, 3.05) is 13.1 Å². The zero-order valence-electron chi connectivity index (χ0n) is 10.2. The van der Waals surface area contributed by atoms with E-state index < -0.39 is 0 Å². The van der Waals surface area contributed by atoms with Crippen LogP contribution < -0.4 is 5.32 Å². The van der Waals surface area contributed by atoms with Gasteiger partial charge in [0.15, 0.2) is 5.82 Å². The Morgan fingerprint density at radius 2 is 2.21 bits per heavy atom. The summed E-state index contributed by atoms with van der Waals surface area (Å²) in [6, 6.07) is 5.53. The molecule has 1 aromatic carbocycles. The van der Waals surface area contributed by atoms with Gasteiger partial charge in [0, 0.05) is 13.0 Å². The lowest BCUT2D eigenvalue weighted by Crippen LogP contribution is -2.08. The van der Waals surface area contributed by atoms with Gasteiger partial charge in [0.2, 0.25) is 5.89 Å². The topological polar surface area (TPSA) is 51.0 Å². The molecule has 1 aliphatic heterocycles. The van der Waals surface area contributed by atoms with Crippen LogP contribution in [0.25, 0.3) is 0 Å². The Kier molecular flexibility index (Phi) is 3.73. The van der Waals surface area contributed by atoms with Crippen molar-refractivity contribution in [1.29, 1.82) is 0 Å². The Labute approximate surface area is 121 Å². The maximum absolute atomic E-state index is 5.98. The first-order valence-electron chi connectivity index (χ1n) is 6.19. The van der Waals surface area contributed by atoms with Crippen molar-refractivity contribution >= 4 is 23.2 Å². The second-order valence-corrected chi connectivity index (χ2v) is 5.48. The Balaban J connectivity index is 1.74. The fraction of sp³-hybridized carbons (Fsp3) is 0.385. The summed E-state index contributed by atoms with van der Waals surface area (Å²) in [5, 5.41) is 8.40. The maximum Gasteiger partial charge on any atom is 0.231 e. The van der Waals surface area contributed by atoms with E-state index in [-0.39, 0.29) is 0 Å². The fourth-order valence-corrected chi connectivity index (χ4v) is 2.52. The van der Waals surface area contributed by atoms with Gasteiger partial charge < -0.3 is 9.84 Å². The monoisotopic (exact) mass is 297 g/mol. The van der Waals surface area contributed by atoms with Crippen molar-refractivity contribution < 1.29 is 4.52 Å². The summed E-state index contributed by atoms with van der Waals surface area (Å²) in [6.07, 6.45) is 1.65. The molecule has 1 aromatic heterocycles. The molecule has 0 saturated carbocycles. The molecular weight excluding hydrogens is 285 g/mol. The molecule has 100 valence electrons. The quantitative estimate of drug-likeness (QED) is 0.946. The summed E-state index contributed by atoms with van der Waals surface area (Å²) < 4.78 is 5.31. The van der Waals surface area contributed by atoms with Gasteiger partial charge in [-0.1, -0.05) is 34.4 Å². The van der Waals surface area contributed by atoms with E-state index in [1.165, 1.54) is 0 Å². The van der Waals surface area contributed by atoms with Gasteiger partial charge in [-0.15, -0.1) is 0 Å². The Hall–Kier alpha value is -1.10. The lowest BCUT2D eigenvalue weighted by molar-refractivity contribution is 0.355. The van der Waals surface area contributed by atoms with Crippen molar-refractivity contribution in [1.82, 2.24) is 15.5 Å². The van der Waals surface area contributed by atoms with Crippen LogP contribution in [0.4, 0.5) is 0 Å². The molecule has 2 aromatic rings. The predicted molar refractivity (Wildman–Crippen MR) is 73.8 cm³/mol. The van der Waals surface area contributed by atoms with E-state index in [0.29, 0.717) is 28.2 Å². The molecule has 0 spiro atoms. The number of rotatable bonds is 3. The predicted octanol–water partition coefficient (Wildman–Crippen LogP) is 3.04. The van der Waals surface area contributed by atoms with Crippen molar-refractivity contribution in [2.45, 2.75) is 18.8 Å². The van der Waals surface area contributed by atoms with Crippen molar-refractivity contribution in [2.24, 2.45) is 0 Å². The first-order valence-corrected chi connectivity index (χ1v) is 6.95. The van der Waals surface area contributed by atoms with E-state index in [9.17, 15) is 0 Å². The standard InChI is InChI=1S/C13H13Cl2N3O/c14-10-2-1-8(5-11(10)15)6-12-17-13(19-18-12)9-3-4-16-7-9/h1-2,5,9,16H,3-4,6-7H2. The van der Waals surface area contributed by atoms with E-state index in [2.05, 4.69) is 15.5 Å². The Morgan fingerprint density at radius 3 is 2.95 bits per heavy atom. The third-order valence-corrected chi connectivity index (χ3v) is 3.98. The van der Waals surface area contributed by atoms with E-state index in [0.717, 1.165) is 31.0 Å². The van der Waals surface area contributed by atoms with Gasteiger partial charge in [-0.3, -0.25) is 0 Å². The van der Waals surface area contributed by atoms with Crippen LogP contribution in [-0.4, -0.2) is 23.2 Å². The number of nitrogens with one attached hydrogen (secondary N) is 1. The summed E-state index contributed by atoms with van der Waals surface area (Å²) in [4.78, 5) is 4.45. The number of nitrogens with zero attached hydrogens (tertiary/aromatic N) is 2. The van der Waals surface area contributed by atoms with Crippen LogP contribution in [-0.2, 0) is 6.42 Å². The molecule has 0 radical (unpaired) electrons. The normalized spacial score (nSPS) is 18.9. The molecule has 1 atom stereocenters. The first-order chi connectivity index (χ1) is 9.22. The molecule has 6 heteroatoms. The molecule has 1 N–H and O–H groups in total. The fourth-order valence-electron chi connectivity index (χ4n) is 2.20. The van der Waals surface area contributed by atoms with Gasteiger partial charge >= 0.3 is 0 Å². The van der Waals surface area contributed by atoms with Crippen LogP contribution in [0.15, 0.2) is 22.7 Å². The van der Waals surface area contributed by atoms with E-state index in [1.807, 2.05) is 12.1 Å². The number of benzene rings is 1. The van der Waals surface area contributed by atoms with Gasteiger partial charge in [-0.25, -0.2) is 0 Å². The number of aromatic nitrogens is 2. The highest BCUT2D eigenvalue weighted by Gasteiger charge is 2.22. The Bertz CT molecular complexity index is 579. The van der Waals surface area contributed by atoms with Crippen LogP contribution in [0, 0.1) is 0 Å². The summed E-state index contributed by atoms with van der Waals surface area (Å²) in [5.41, 5.74) is 1.02. The summed E-state index contributed by atoms with van der Waals surface area (Å²) >= 11 is 11.9. The number of hydrogen-bond acceptors (Lipinski definition) is 4. The SMILES string of the molecule is Clc1ccc(Cc2noc(C3CCNC3)n2)cc1Cl. The average molecular weight is 298 g/mol. The van der Waals surface area contributed by atoms with Crippen molar-refractivity contribution in [3.05, 3.63) is 45.5 Å². The molecule has 1 saturated heterocycles. The second kappa shape index (κ2) is 5.49. The minimum absolute atomic E-state index is 0.343. The lowest BCUT2D eigenvalue weighted by atomic mass is 10.1. The van der Waals surface area contributed by atoms with Crippen molar-refractivity contribution in [3.8, 4) is 0 Å². The molecule has 4 nitrogen and oxygen atoms in total. The van der Waals surface area contributed by atoms with Gasteiger partial charge in [-0.05, 0) is 30.7 Å².